The molecule has 0 aromatic carbocycles. The lowest BCUT2D eigenvalue weighted by atomic mass is 9.43. The molecule has 24 heavy (non-hydrogen) atoms. The lowest BCUT2D eigenvalue weighted by molar-refractivity contribution is -0.140. The van der Waals surface area contributed by atoms with E-state index in [0.29, 0.717) is 5.41 Å². The van der Waals surface area contributed by atoms with Gasteiger partial charge in [0.1, 0.15) is 6.61 Å². The fourth-order valence-corrected chi connectivity index (χ4v) is 8.42. The Hall–Kier alpha value is -0.370. The van der Waals surface area contributed by atoms with Crippen molar-refractivity contribution < 1.29 is 9.90 Å². The van der Waals surface area contributed by atoms with E-state index >= 15 is 0 Å². The molecule has 136 valence electrons. The van der Waals surface area contributed by atoms with Crippen LogP contribution in [0.15, 0.2) is 0 Å². The largest absolute Gasteiger partial charge is 0.389 e. The van der Waals surface area contributed by atoms with Crippen molar-refractivity contribution in [2.24, 2.45) is 40.4 Å². The molecule has 0 aliphatic heterocycles. The van der Waals surface area contributed by atoms with Crippen LogP contribution in [0.25, 0.3) is 0 Å². The molecule has 0 bridgehead atoms. The minimum atomic E-state index is -0.248. The number of ketones is 1. The van der Waals surface area contributed by atoms with E-state index in [1.807, 2.05) is 0 Å². The van der Waals surface area contributed by atoms with Gasteiger partial charge in [-0.3, -0.25) is 4.79 Å². The van der Waals surface area contributed by atoms with Gasteiger partial charge in [-0.15, -0.1) is 0 Å². The van der Waals surface area contributed by atoms with Crippen molar-refractivity contribution in [1.82, 2.24) is 0 Å². The second kappa shape index (κ2) is 6.11. The molecule has 2 heteroatoms. The van der Waals surface area contributed by atoms with Gasteiger partial charge in [-0.05, 0) is 92.3 Å². The molecular formula is C22H36O2. The van der Waals surface area contributed by atoms with E-state index in [2.05, 4.69) is 13.8 Å². The molecule has 7 atom stereocenters. The standard InChI is InChI=1S/C22H36O2/c1-3-22-12-5-4-6-15(22)7-8-16-17-9-10-19(20(24)14-23)21(17,2)13-11-18(16)22/h15-19,23H,3-14H2,1-2H3. The van der Waals surface area contributed by atoms with Crippen molar-refractivity contribution in [2.75, 3.05) is 6.61 Å². The summed E-state index contributed by atoms with van der Waals surface area (Å²) in [7, 11) is 0. The van der Waals surface area contributed by atoms with Crippen molar-refractivity contribution in [3.63, 3.8) is 0 Å². The van der Waals surface area contributed by atoms with Crippen LogP contribution in [0.2, 0.25) is 0 Å². The number of fused-ring (bicyclic) bond motifs is 5. The molecule has 4 rings (SSSR count). The van der Waals surface area contributed by atoms with E-state index in [9.17, 15) is 9.90 Å². The SMILES string of the molecule is CCC12CCCCC1CCC1C3CCC(C(=O)CO)C3(C)CCC12. The summed E-state index contributed by atoms with van der Waals surface area (Å²) in [6.45, 7) is 4.61. The number of rotatable bonds is 3. The molecule has 0 heterocycles. The second-order valence-electron chi connectivity index (χ2n) is 9.78. The summed E-state index contributed by atoms with van der Waals surface area (Å²) in [5.41, 5.74) is 0.805. The highest BCUT2D eigenvalue weighted by Gasteiger charge is 2.61. The van der Waals surface area contributed by atoms with Crippen molar-refractivity contribution >= 4 is 5.78 Å². The smallest absolute Gasteiger partial charge is 0.161 e. The van der Waals surface area contributed by atoms with E-state index in [0.717, 1.165) is 30.1 Å². The summed E-state index contributed by atoms with van der Waals surface area (Å²) < 4.78 is 0. The van der Waals surface area contributed by atoms with Gasteiger partial charge in [0.15, 0.2) is 5.78 Å². The molecule has 0 amide bonds. The van der Waals surface area contributed by atoms with Gasteiger partial charge in [0.25, 0.3) is 0 Å². The monoisotopic (exact) mass is 332 g/mol. The van der Waals surface area contributed by atoms with Crippen LogP contribution in [0.5, 0.6) is 0 Å². The van der Waals surface area contributed by atoms with Gasteiger partial charge in [0.05, 0.1) is 0 Å². The Morgan fingerprint density at radius 1 is 1.00 bits per heavy atom. The third kappa shape index (κ3) is 2.20. The normalized spacial score (nSPS) is 50.7. The van der Waals surface area contributed by atoms with Gasteiger partial charge in [-0.25, -0.2) is 0 Å². The Kier molecular flexibility index (Phi) is 4.34. The Labute approximate surface area is 147 Å². The summed E-state index contributed by atoms with van der Waals surface area (Å²) in [6, 6.07) is 0. The molecule has 7 unspecified atom stereocenters. The maximum absolute atomic E-state index is 12.3. The highest BCUT2D eigenvalue weighted by Crippen LogP contribution is 2.68. The maximum Gasteiger partial charge on any atom is 0.161 e. The van der Waals surface area contributed by atoms with Gasteiger partial charge in [-0.2, -0.15) is 0 Å². The molecule has 0 aromatic heterocycles. The zero-order valence-corrected chi connectivity index (χ0v) is 15.7. The predicted molar refractivity (Wildman–Crippen MR) is 96.5 cm³/mol. The first-order valence-electron chi connectivity index (χ1n) is 10.7. The fraction of sp³-hybridized carbons (Fsp3) is 0.955. The van der Waals surface area contributed by atoms with Crippen molar-refractivity contribution in [3.05, 3.63) is 0 Å². The molecule has 0 saturated heterocycles. The van der Waals surface area contributed by atoms with E-state index in [1.165, 1.54) is 64.2 Å². The average Bonchev–Trinajstić information content (AvgIpc) is 2.97. The lowest BCUT2D eigenvalue weighted by Crippen LogP contribution is -2.54. The van der Waals surface area contributed by atoms with Crippen LogP contribution in [0.3, 0.4) is 0 Å². The Morgan fingerprint density at radius 2 is 1.83 bits per heavy atom. The van der Waals surface area contributed by atoms with Crippen LogP contribution >= 0.6 is 0 Å². The molecular weight excluding hydrogens is 296 g/mol. The third-order valence-electron chi connectivity index (χ3n) is 9.48. The molecule has 0 spiro atoms. The molecule has 1 N–H and O–H groups in total. The highest BCUT2D eigenvalue weighted by molar-refractivity contribution is 5.83. The summed E-state index contributed by atoms with van der Waals surface area (Å²) >= 11 is 0. The molecule has 4 saturated carbocycles. The number of carbonyl (C=O) groups excluding carboxylic acids is 1. The minimum Gasteiger partial charge on any atom is -0.389 e. The van der Waals surface area contributed by atoms with Gasteiger partial charge in [0, 0.05) is 5.92 Å². The third-order valence-corrected chi connectivity index (χ3v) is 9.48. The molecule has 0 radical (unpaired) electrons. The topological polar surface area (TPSA) is 37.3 Å². The average molecular weight is 333 g/mol. The first kappa shape index (κ1) is 17.1. The fourth-order valence-electron chi connectivity index (χ4n) is 8.42. The number of aliphatic hydroxyl groups is 1. The van der Waals surface area contributed by atoms with Crippen LogP contribution in [0.1, 0.15) is 84.5 Å². The van der Waals surface area contributed by atoms with Crippen molar-refractivity contribution in [3.8, 4) is 0 Å². The van der Waals surface area contributed by atoms with E-state index < -0.39 is 0 Å². The minimum absolute atomic E-state index is 0.120. The van der Waals surface area contributed by atoms with E-state index in [-0.39, 0.29) is 23.7 Å². The molecule has 4 fully saturated rings. The molecule has 4 aliphatic carbocycles. The Morgan fingerprint density at radius 3 is 2.58 bits per heavy atom. The predicted octanol–water partition coefficient (Wildman–Crippen LogP) is 4.99. The number of Topliss-reactive ketones (excluding diaryl/α,β-unsaturated/α-hetero) is 1. The van der Waals surface area contributed by atoms with Gasteiger partial charge < -0.3 is 5.11 Å². The van der Waals surface area contributed by atoms with Crippen LogP contribution in [-0.4, -0.2) is 17.5 Å². The number of hydrogen-bond acceptors (Lipinski definition) is 2. The summed E-state index contributed by atoms with van der Waals surface area (Å²) in [5, 5.41) is 9.42. The first-order chi connectivity index (χ1) is 11.6. The van der Waals surface area contributed by atoms with Crippen molar-refractivity contribution in [1.29, 1.82) is 0 Å². The number of hydrogen-bond donors (Lipinski definition) is 1. The van der Waals surface area contributed by atoms with Gasteiger partial charge in [-0.1, -0.05) is 26.7 Å². The first-order valence-corrected chi connectivity index (χ1v) is 10.7. The Bertz CT molecular complexity index is 500. The van der Waals surface area contributed by atoms with Crippen LogP contribution in [0, 0.1) is 40.4 Å². The van der Waals surface area contributed by atoms with E-state index in [1.54, 1.807) is 0 Å². The quantitative estimate of drug-likeness (QED) is 0.791. The number of aliphatic hydroxyl groups excluding tert-OH is 1. The van der Waals surface area contributed by atoms with Gasteiger partial charge in [0.2, 0.25) is 0 Å². The molecule has 4 aliphatic rings. The van der Waals surface area contributed by atoms with Gasteiger partial charge >= 0.3 is 0 Å². The highest BCUT2D eigenvalue weighted by atomic mass is 16.3. The summed E-state index contributed by atoms with van der Waals surface area (Å²) in [5.74, 6) is 3.75. The lowest BCUT2D eigenvalue weighted by Gasteiger charge is -2.61. The zero-order valence-electron chi connectivity index (χ0n) is 15.7. The van der Waals surface area contributed by atoms with Crippen molar-refractivity contribution in [2.45, 2.75) is 84.5 Å². The second-order valence-corrected chi connectivity index (χ2v) is 9.78. The van der Waals surface area contributed by atoms with Crippen LogP contribution < -0.4 is 0 Å². The van der Waals surface area contributed by atoms with Crippen LogP contribution in [-0.2, 0) is 4.79 Å². The molecule has 2 nitrogen and oxygen atoms in total. The van der Waals surface area contributed by atoms with E-state index in [4.69, 9.17) is 0 Å². The summed E-state index contributed by atoms with van der Waals surface area (Å²) in [4.78, 5) is 12.3. The van der Waals surface area contributed by atoms with Crippen LogP contribution in [0.4, 0.5) is 0 Å². The molecule has 0 aromatic rings. The summed E-state index contributed by atoms with van der Waals surface area (Å²) in [6.07, 6.45) is 14.9. The maximum atomic E-state index is 12.3. The zero-order chi connectivity index (χ0) is 16.9. The number of carbonyl (C=O) groups is 1. The Balaban J connectivity index is 1.63.